The monoisotopic (exact) mass is 213 g/mol. The third-order valence-electron chi connectivity index (χ3n) is 2.12. The summed E-state index contributed by atoms with van der Waals surface area (Å²) in [5, 5.41) is 0. The number of ether oxygens (including phenoxy) is 2. The third-order valence-corrected chi connectivity index (χ3v) is 2.12. The number of benzene rings is 1. The van der Waals surface area contributed by atoms with Crippen LogP contribution in [0.15, 0.2) is 12.1 Å². The molecule has 3 nitrogen and oxygen atoms in total. The normalized spacial score (nSPS) is 10.4. The number of methoxy groups -OCH3 is 2. The summed E-state index contributed by atoms with van der Waals surface area (Å²) in [5.74, 6) is -0.117. The van der Waals surface area contributed by atoms with E-state index >= 15 is 0 Å². The Morgan fingerprint density at radius 3 is 2.60 bits per heavy atom. The highest BCUT2D eigenvalue weighted by Crippen LogP contribution is 2.25. The summed E-state index contributed by atoms with van der Waals surface area (Å²) in [6, 6.07) is 3.31. The van der Waals surface area contributed by atoms with Gasteiger partial charge in [0.1, 0.15) is 0 Å². The molecular weight excluding hydrogens is 197 g/mol. The second kappa shape index (κ2) is 5.68. The Labute approximate surface area is 89.0 Å². The predicted octanol–water partition coefficient (Wildman–Crippen LogP) is 1.48. The largest absolute Gasteiger partial charge is 0.493 e. The molecule has 0 atom stereocenters. The van der Waals surface area contributed by atoms with Gasteiger partial charge in [-0.3, -0.25) is 0 Å². The van der Waals surface area contributed by atoms with Crippen molar-refractivity contribution < 1.29 is 13.9 Å². The van der Waals surface area contributed by atoms with Gasteiger partial charge in [0, 0.05) is 12.7 Å². The second-order valence-corrected chi connectivity index (χ2v) is 3.24. The van der Waals surface area contributed by atoms with Gasteiger partial charge in [0.15, 0.2) is 11.6 Å². The minimum absolute atomic E-state index is 0.248. The van der Waals surface area contributed by atoms with E-state index in [1.54, 1.807) is 7.11 Å². The van der Waals surface area contributed by atoms with Crippen LogP contribution in [-0.2, 0) is 17.8 Å². The van der Waals surface area contributed by atoms with Gasteiger partial charge < -0.3 is 15.2 Å². The molecule has 0 aliphatic rings. The summed E-state index contributed by atoms with van der Waals surface area (Å²) in [5.41, 5.74) is 7.00. The van der Waals surface area contributed by atoms with Crippen LogP contribution in [0, 0.1) is 5.82 Å². The fourth-order valence-electron chi connectivity index (χ4n) is 1.52. The van der Waals surface area contributed by atoms with Gasteiger partial charge in [0.2, 0.25) is 0 Å². The molecule has 84 valence electrons. The average molecular weight is 213 g/mol. The lowest BCUT2D eigenvalue weighted by molar-refractivity contribution is 0.180. The molecule has 0 aromatic heterocycles. The standard InChI is InChI=1S/C11H16FNO2/c1-14-7-9-5-8(3-4-13)6-10(12)11(9)15-2/h5-6H,3-4,7,13H2,1-2H3. The maximum absolute atomic E-state index is 13.5. The highest BCUT2D eigenvalue weighted by Gasteiger charge is 2.11. The van der Waals surface area contributed by atoms with Crippen LogP contribution in [0.2, 0.25) is 0 Å². The van der Waals surface area contributed by atoms with Gasteiger partial charge in [-0.1, -0.05) is 0 Å². The topological polar surface area (TPSA) is 44.5 Å². The van der Waals surface area contributed by atoms with Crippen molar-refractivity contribution in [3.63, 3.8) is 0 Å². The summed E-state index contributed by atoms with van der Waals surface area (Å²) < 4.78 is 23.5. The minimum Gasteiger partial charge on any atom is -0.493 e. The number of rotatable bonds is 5. The zero-order valence-electron chi connectivity index (χ0n) is 9.05. The molecule has 0 spiro atoms. The Hall–Kier alpha value is -1.13. The van der Waals surface area contributed by atoms with E-state index in [2.05, 4.69) is 0 Å². The maximum atomic E-state index is 13.5. The van der Waals surface area contributed by atoms with Crippen molar-refractivity contribution in [1.82, 2.24) is 0 Å². The number of hydrogen-bond donors (Lipinski definition) is 1. The maximum Gasteiger partial charge on any atom is 0.165 e. The van der Waals surface area contributed by atoms with Gasteiger partial charge >= 0.3 is 0 Å². The summed E-state index contributed by atoms with van der Waals surface area (Å²) in [6.45, 7) is 0.830. The zero-order valence-corrected chi connectivity index (χ0v) is 9.05. The van der Waals surface area contributed by atoms with Crippen molar-refractivity contribution in [3.8, 4) is 5.75 Å². The number of hydrogen-bond acceptors (Lipinski definition) is 3. The molecule has 0 aliphatic carbocycles. The second-order valence-electron chi connectivity index (χ2n) is 3.24. The molecular formula is C11H16FNO2. The Bertz CT molecular complexity index is 329. The van der Waals surface area contributed by atoms with E-state index in [0.717, 1.165) is 5.56 Å². The van der Waals surface area contributed by atoms with Crippen molar-refractivity contribution in [2.24, 2.45) is 5.73 Å². The lowest BCUT2D eigenvalue weighted by Crippen LogP contribution is -2.05. The summed E-state index contributed by atoms with van der Waals surface area (Å²) in [4.78, 5) is 0. The molecule has 0 amide bonds. The first-order valence-electron chi connectivity index (χ1n) is 4.77. The first kappa shape index (κ1) is 11.9. The van der Waals surface area contributed by atoms with Crippen LogP contribution in [0.3, 0.4) is 0 Å². The number of halogens is 1. The third kappa shape index (κ3) is 2.91. The van der Waals surface area contributed by atoms with Crippen molar-refractivity contribution >= 4 is 0 Å². The van der Waals surface area contributed by atoms with Crippen LogP contribution in [0.25, 0.3) is 0 Å². The lowest BCUT2D eigenvalue weighted by atomic mass is 10.1. The SMILES string of the molecule is COCc1cc(CCN)cc(F)c1OC. The molecule has 0 aliphatic heterocycles. The molecule has 4 heteroatoms. The molecule has 0 saturated carbocycles. The zero-order chi connectivity index (χ0) is 11.3. The average Bonchev–Trinajstić information content (AvgIpc) is 2.18. The van der Waals surface area contributed by atoms with E-state index in [9.17, 15) is 4.39 Å². The van der Waals surface area contributed by atoms with Crippen LogP contribution in [0.5, 0.6) is 5.75 Å². The molecule has 1 aromatic carbocycles. The fraction of sp³-hybridized carbons (Fsp3) is 0.455. The molecule has 1 aromatic rings. The quantitative estimate of drug-likeness (QED) is 0.805. The van der Waals surface area contributed by atoms with E-state index in [4.69, 9.17) is 15.2 Å². The van der Waals surface area contributed by atoms with Crippen LogP contribution in [0.4, 0.5) is 4.39 Å². The van der Waals surface area contributed by atoms with Crippen molar-refractivity contribution in [2.45, 2.75) is 13.0 Å². The van der Waals surface area contributed by atoms with E-state index in [0.29, 0.717) is 25.1 Å². The molecule has 0 unspecified atom stereocenters. The van der Waals surface area contributed by atoms with Crippen molar-refractivity contribution in [2.75, 3.05) is 20.8 Å². The van der Waals surface area contributed by atoms with E-state index in [1.165, 1.54) is 13.2 Å². The predicted molar refractivity (Wildman–Crippen MR) is 56.4 cm³/mol. The lowest BCUT2D eigenvalue weighted by Gasteiger charge is -2.11. The van der Waals surface area contributed by atoms with Crippen LogP contribution in [-0.4, -0.2) is 20.8 Å². The van der Waals surface area contributed by atoms with Crippen molar-refractivity contribution in [1.29, 1.82) is 0 Å². The Morgan fingerprint density at radius 1 is 1.33 bits per heavy atom. The highest BCUT2D eigenvalue weighted by atomic mass is 19.1. The molecule has 1 rings (SSSR count). The summed E-state index contributed by atoms with van der Waals surface area (Å²) in [6.07, 6.45) is 0.650. The van der Waals surface area contributed by atoms with E-state index in [-0.39, 0.29) is 11.6 Å². The molecule has 0 bridgehead atoms. The Kier molecular flexibility index (Phi) is 4.52. The van der Waals surface area contributed by atoms with Gasteiger partial charge in [-0.25, -0.2) is 4.39 Å². The molecule has 2 N–H and O–H groups in total. The first-order chi connectivity index (χ1) is 7.22. The molecule has 0 heterocycles. The van der Waals surface area contributed by atoms with Gasteiger partial charge in [0.05, 0.1) is 13.7 Å². The van der Waals surface area contributed by atoms with Crippen LogP contribution < -0.4 is 10.5 Å². The van der Waals surface area contributed by atoms with Gasteiger partial charge in [-0.15, -0.1) is 0 Å². The Balaban J connectivity index is 3.07. The molecule has 0 saturated heterocycles. The summed E-state index contributed by atoms with van der Waals surface area (Å²) >= 11 is 0. The Morgan fingerprint density at radius 2 is 2.07 bits per heavy atom. The smallest absolute Gasteiger partial charge is 0.165 e. The van der Waals surface area contributed by atoms with Crippen LogP contribution >= 0.6 is 0 Å². The highest BCUT2D eigenvalue weighted by molar-refractivity contribution is 5.38. The molecule has 0 radical (unpaired) electrons. The number of nitrogens with two attached hydrogens (primary N) is 1. The van der Waals surface area contributed by atoms with Crippen LogP contribution in [0.1, 0.15) is 11.1 Å². The minimum atomic E-state index is -0.365. The first-order valence-corrected chi connectivity index (χ1v) is 4.77. The van der Waals surface area contributed by atoms with E-state index in [1.807, 2.05) is 6.07 Å². The van der Waals surface area contributed by atoms with Gasteiger partial charge in [-0.2, -0.15) is 0 Å². The van der Waals surface area contributed by atoms with E-state index < -0.39 is 0 Å². The van der Waals surface area contributed by atoms with Gasteiger partial charge in [0.25, 0.3) is 0 Å². The molecule has 0 fully saturated rings. The van der Waals surface area contributed by atoms with Crippen molar-refractivity contribution in [3.05, 3.63) is 29.1 Å². The molecule has 15 heavy (non-hydrogen) atoms. The summed E-state index contributed by atoms with van der Waals surface area (Å²) in [7, 11) is 3.01. The van der Waals surface area contributed by atoms with Gasteiger partial charge in [-0.05, 0) is 30.7 Å². The fourth-order valence-corrected chi connectivity index (χ4v) is 1.52.